The summed E-state index contributed by atoms with van der Waals surface area (Å²) in [6.45, 7) is 10.1. The van der Waals surface area contributed by atoms with Gasteiger partial charge in [-0.3, -0.25) is 0 Å². The van der Waals surface area contributed by atoms with Gasteiger partial charge in [0.05, 0.1) is 22.4 Å². The highest BCUT2D eigenvalue weighted by Crippen LogP contribution is 2.35. The van der Waals surface area contributed by atoms with Gasteiger partial charge in [-0.1, -0.05) is 79.9 Å². The fourth-order valence-electron chi connectivity index (χ4n) is 3.50. The third kappa shape index (κ3) is 2.96. The molecule has 0 radical (unpaired) electrons. The Kier molecular flexibility index (Phi) is 4.39. The summed E-state index contributed by atoms with van der Waals surface area (Å²) >= 11 is 0. The van der Waals surface area contributed by atoms with Gasteiger partial charge >= 0.3 is 0 Å². The zero-order valence-electron chi connectivity index (χ0n) is 15.3. The molecule has 0 aliphatic rings. The summed E-state index contributed by atoms with van der Waals surface area (Å²) in [5, 5.41) is 0. The molecule has 27 heavy (non-hydrogen) atoms. The van der Waals surface area contributed by atoms with Crippen molar-refractivity contribution in [2.24, 2.45) is 0 Å². The van der Waals surface area contributed by atoms with Crippen molar-refractivity contribution < 1.29 is 0 Å². The minimum absolute atomic E-state index is 0.881. The van der Waals surface area contributed by atoms with E-state index < -0.39 is 0 Å². The molecule has 0 bridgehead atoms. The van der Waals surface area contributed by atoms with Gasteiger partial charge in [-0.05, 0) is 41.3 Å². The van der Waals surface area contributed by atoms with E-state index in [1.54, 1.807) is 0 Å². The van der Waals surface area contributed by atoms with Gasteiger partial charge in [0, 0.05) is 5.56 Å². The first-order valence-electron chi connectivity index (χ1n) is 8.94. The Hall–Kier alpha value is -3.52. The van der Waals surface area contributed by atoms with Gasteiger partial charge < -0.3 is 0 Å². The number of benzene rings is 3. The number of nitrogens with zero attached hydrogens (tertiary/aromatic N) is 2. The minimum Gasteiger partial charge on any atom is -0.249 e. The quantitative estimate of drug-likeness (QED) is 0.417. The molecule has 0 unspecified atom stereocenters. The summed E-state index contributed by atoms with van der Waals surface area (Å²) in [5.74, 6) is 0. The van der Waals surface area contributed by atoms with Gasteiger partial charge in [-0.2, -0.15) is 0 Å². The molecule has 4 rings (SSSR count). The lowest BCUT2D eigenvalue weighted by Crippen LogP contribution is -1.98. The van der Waals surface area contributed by atoms with Crippen LogP contribution in [0.25, 0.3) is 45.6 Å². The fourth-order valence-corrected chi connectivity index (χ4v) is 3.50. The van der Waals surface area contributed by atoms with Crippen LogP contribution in [0.3, 0.4) is 0 Å². The highest BCUT2D eigenvalue weighted by molar-refractivity contribution is 5.89. The summed E-state index contributed by atoms with van der Waals surface area (Å²) in [7, 11) is 0. The lowest BCUT2D eigenvalue weighted by Gasteiger charge is -2.16. The van der Waals surface area contributed by atoms with Crippen LogP contribution in [0, 0.1) is 6.92 Å². The number of para-hydroxylation sites is 2. The van der Waals surface area contributed by atoms with E-state index in [1.807, 2.05) is 61.5 Å². The molecule has 0 saturated carbocycles. The van der Waals surface area contributed by atoms with Crippen molar-refractivity contribution >= 4 is 23.2 Å². The van der Waals surface area contributed by atoms with Gasteiger partial charge in [-0.15, -0.1) is 0 Å². The highest BCUT2D eigenvalue weighted by Gasteiger charge is 2.15. The van der Waals surface area contributed by atoms with Crippen LogP contribution >= 0.6 is 0 Å². The molecule has 2 heteroatoms. The summed E-state index contributed by atoms with van der Waals surface area (Å²) in [6, 6.07) is 22.5. The normalized spacial score (nSPS) is 10.7. The molecule has 0 aliphatic carbocycles. The van der Waals surface area contributed by atoms with Crippen LogP contribution in [0.15, 0.2) is 79.9 Å². The van der Waals surface area contributed by atoms with E-state index in [2.05, 4.69) is 37.4 Å². The third-order valence-electron chi connectivity index (χ3n) is 4.78. The maximum absolute atomic E-state index is 4.89. The van der Waals surface area contributed by atoms with E-state index in [9.17, 15) is 0 Å². The van der Waals surface area contributed by atoms with Crippen LogP contribution in [0.4, 0.5) is 0 Å². The topological polar surface area (TPSA) is 25.8 Å². The summed E-state index contributed by atoms with van der Waals surface area (Å²) < 4.78 is 0. The monoisotopic (exact) mass is 348 g/mol. The maximum Gasteiger partial charge on any atom is 0.0928 e. The first kappa shape index (κ1) is 16.9. The van der Waals surface area contributed by atoms with Crippen LogP contribution in [-0.2, 0) is 0 Å². The molecule has 0 spiro atoms. The number of aromatic nitrogens is 2. The number of hydrogen-bond acceptors (Lipinski definition) is 2. The molecule has 130 valence electrons. The zero-order valence-corrected chi connectivity index (χ0v) is 15.3. The number of aryl methyl sites for hydroxylation is 1. The summed E-state index contributed by atoms with van der Waals surface area (Å²) in [4.78, 5) is 9.63. The van der Waals surface area contributed by atoms with E-state index in [1.165, 1.54) is 0 Å². The second-order valence-corrected chi connectivity index (χ2v) is 6.41. The van der Waals surface area contributed by atoms with Crippen molar-refractivity contribution in [1.29, 1.82) is 0 Å². The summed E-state index contributed by atoms with van der Waals surface area (Å²) in [6.07, 6.45) is 3.78. The fraction of sp³-hybridized carbons (Fsp3) is 0.0400. The maximum atomic E-state index is 4.89. The first-order chi connectivity index (χ1) is 13.2. The van der Waals surface area contributed by atoms with Gasteiger partial charge in [0.2, 0.25) is 0 Å². The Labute approximate surface area is 159 Å². The predicted molar refractivity (Wildman–Crippen MR) is 115 cm³/mol. The Morgan fingerprint density at radius 2 is 1.22 bits per heavy atom. The minimum atomic E-state index is 0.881. The van der Waals surface area contributed by atoms with Crippen molar-refractivity contribution in [1.82, 2.24) is 9.97 Å². The van der Waals surface area contributed by atoms with E-state index in [0.29, 0.717) is 0 Å². The van der Waals surface area contributed by atoms with Crippen LogP contribution in [0.1, 0.15) is 16.8 Å². The largest absolute Gasteiger partial charge is 0.249 e. The Morgan fingerprint density at radius 1 is 0.667 bits per heavy atom. The highest BCUT2D eigenvalue weighted by atomic mass is 14.8. The van der Waals surface area contributed by atoms with Gasteiger partial charge in [0.15, 0.2) is 0 Å². The Balaban J connectivity index is 1.98. The van der Waals surface area contributed by atoms with E-state index >= 15 is 0 Å². The van der Waals surface area contributed by atoms with Crippen molar-refractivity contribution in [3.05, 3.63) is 96.7 Å². The molecule has 0 amide bonds. The second-order valence-electron chi connectivity index (χ2n) is 6.41. The van der Waals surface area contributed by atoms with Gasteiger partial charge in [0.25, 0.3) is 0 Å². The van der Waals surface area contributed by atoms with Crippen molar-refractivity contribution in [2.45, 2.75) is 6.92 Å². The molecule has 0 fully saturated rings. The number of rotatable bonds is 4. The van der Waals surface area contributed by atoms with Crippen LogP contribution in [-0.4, -0.2) is 9.97 Å². The van der Waals surface area contributed by atoms with Crippen molar-refractivity contribution in [3.8, 4) is 22.4 Å². The second kappa shape index (κ2) is 7.00. The molecule has 1 aromatic heterocycles. The Bertz CT molecular complexity index is 1160. The average molecular weight is 348 g/mol. The van der Waals surface area contributed by atoms with E-state index in [4.69, 9.17) is 9.97 Å². The van der Waals surface area contributed by atoms with Gasteiger partial charge in [0.1, 0.15) is 0 Å². The number of fused-ring (bicyclic) bond motifs is 1. The molecule has 0 aliphatic heterocycles. The molecule has 0 saturated heterocycles. The standard InChI is InChI=1S/C25H20N2/c1-4-19-20(5-2)22(16-15-21(19)18-11-7-6-8-12-18)25-17(3)26-23-13-9-10-14-24(23)27-25/h4-16H,1-2H2,3H3. The molecule has 0 N–H and O–H groups in total. The zero-order chi connectivity index (χ0) is 18.8. The first-order valence-corrected chi connectivity index (χ1v) is 8.94. The van der Waals surface area contributed by atoms with Crippen molar-refractivity contribution in [2.75, 3.05) is 0 Å². The lowest BCUT2D eigenvalue weighted by molar-refractivity contribution is 1.19. The van der Waals surface area contributed by atoms with Crippen LogP contribution in [0.5, 0.6) is 0 Å². The lowest BCUT2D eigenvalue weighted by atomic mass is 9.90. The number of hydrogen-bond donors (Lipinski definition) is 0. The van der Waals surface area contributed by atoms with Crippen LogP contribution in [0.2, 0.25) is 0 Å². The smallest absolute Gasteiger partial charge is 0.0928 e. The molecular formula is C25H20N2. The molecular weight excluding hydrogens is 328 g/mol. The average Bonchev–Trinajstić information content (AvgIpc) is 2.72. The predicted octanol–water partition coefficient (Wildman–Crippen LogP) is 6.56. The molecule has 1 heterocycles. The molecule has 4 aromatic rings. The SMILES string of the molecule is C=Cc1c(-c2ccccc2)ccc(-c2nc3ccccc3nc2C)c1C=C. The van der Waals surface area contributed by atoms with Crippen molar-refractivity contribution in [3.63, 3.8) is 0 Å². The molecule has 0 atom stereocenters. The molecule has 2 nitrogen and oxygen atoms in total. The summed E-state index contributed by atoms with van der Waals surface area (Å²) in [5.41, 5.74) is 8.98. The van der Waals surface area contributed by atoms with Gasteiger partial charge in [-0.25, -0.2) is 9.97 Å². The van der Waals surface area contributed by atoms with E-state index in [-0.39, 0.29) is 0 Å². The third-order valence-corrected chi connectivity index (χ3v) is 4.78. The van der Waals surface area contributed by atoms with E-state index in [0.717, 1.165) is 50.2 Å². The Morgan fingerprint density at radius 3 is 1.89 bits per heavy atom. The molecule has 3 aromatic carbocycles. The van der Waals surface area contributed by atoms with Crippen LogP contribution < -0.4 is 0 Å².